The van der Waals surface area contributed by atoms with Gasteiger partial charge in [-0.05, 0) is 57.2 Å². The summed E-state index contributed by atoms with van der Waals surface area (Å²) in [6.07, 6.45) is 1.92. The van der Waals surface area contributed by atoms with Gasteiger partial charge < -0.3 is 35.9 Å². The monoisotopic (exact) mass is 673 g/mol. The molecule has 0 fully saturated rings. The molecule has 6 amide bonds. The van der Waals surface area contributed by atoms with Crippen LogP contribution in [0.5, 0.6) is 0 Å². The van der Waals surface area contributed by atoms with Crippen molar-refractivity contribution in [2.24, 2.45) is 23.0 Å². The van der Waals surface area contributed by atoms with Gasteiger partial charge in [0.2, 0.25) is 5.91 Å². The number of nitrogens with two attached hydrogens (primary N) is 1. The van der Waals surface area contributed by atoms with Gasteiger partial charge in [-0.2, -0.15) is 0 Å². The highest BCUT2D eigenvalue weighted by atomic mass is 16.6. The Bertz CT molecular complexity index is 1320. The van der Waals surface area contributed by atoms with Crippen molar-refractivity contribution in [1.82, 2.24) is 15.5 Å². The summed E-state index contributed by atoms with van der Waals surface area (Å²) in [4.78, 5) is 86.5. The van der Waals surface area contributed by atoms with Crippen LogP contribution in [0.4, 0.5) is 15.3 Å². The first kappa shape index (κ1) is 39.4. The van der Waals surface area contributed by atoms with Crippen molar-refractivity contribution in [3.8, 4) is 0 Å². The molecule has 15 nitrogen and oxygen atoms in total. The lowest BCUT2D eigenvalue weighted by Crippen LogP contribution is -2.46. The standard InChI is InChI=1S/C33H47N5O10/c1-21(2)28(37-32(45)47-18-17-46-16-15-38-26(40)12-13-27(38)41)25(39)19-23(7-6-14-35-31(34)44)29(42)36-24-10-8-22(9-11-24)20-48-30(43)33(3,4)5/h8-13,21,23,28H,6-7,14-20H2,1-5H3,(H,36,42)(H,37,45)(H3,34,35,44)/t23-,28+/m1/s1. The number of Topliss-reactive ketones (excluding diaryl/α,β-unsaturated/α-hetero) is 1. The Morgan fingerprint density at radius 1 is 0.917 bits per heavy atom. The summed E-state index contributed by atoms with van der Waals surface area (Å²) in [5.41, 5.74) is 5.70. The van der Waals surface area contributed by atoms with Crippen LogP contribution < -0.4 is 21.7 Å². The molecule has 0 spiro atoms. The number of rotatable bonds is 19. The molecular formula is C33H47N5O10. The first-order chi connectivity index (χ1) is 22.6. The van der Waals surface area contributed by atoms with Crippen molar-refractivity contribution in [2.75, 3.05) is 38.2 Å². The van der Waals surface area contributed by atoms with Crippen LogP contribution in [0.3, 0.4) is 0 Å². The lowest BCUT2D eigenvalue weighted by atomic mass is 9.89. The van der Waals surface area contributed by atoms with Crippen molar-refractivity contribution >= 4 is 47.3 Å². The van der Waals surface area contributed by atoms with Crippen molar-refractivity contribution in [3.05, 3.63) is 42.0 Å². The third kappa shape index (κ3) is 13.9. The number of hydrogen-bond acceptors (Lipinski definition) is 10. The molecule has 1 aromatic rings. The lowest BCUT2D eigenvalue weighted by Gasteiger charge is -2.24. The molecule has 48 heavy (non-hydrogen) atoms. The highest BCUT2D eigenvalue weighted by molar-refractivity contribution is 6.12. The van der Waals surface area contributed by atoms with Gasteiger partial charge in [-0.15, -0.1) is 0 Å². The van der Waals surface area contributed by atoms with Gasteiger partial charge in [-0.1, -0.05) is 26.0 Å². The van der Waals surface area contributed by atoms with Crippen molar-refractivity contribution in [3.63, 3.8) is 0 Å². The molecule has 0 radical (unpaired) electrons. The zero-order chi connectivity index (χ0) is 35.9. The number of esters is 1. The Balaban J connectivity index is 1.92. The molecule has 0 aliphatic carbocycles. The summed E-state index contributed by atoms with van der Waals surface area (Å²) in [6, 6.07) is 5.09. The normalized spacial score (nSPS) is 14.0. The molecule has 1 heterocycles. The second-order valence-corrected chi connectivity index (χ2v) is 12.6. The number of primary amides is 1. The zero-order valence-corrected chi connectivity index (χ0v) is 28.2. The third-order valence-corrected chi connectivity index (χ3v) is 7.16. The topological polar surface area (TPSA) is 213 Å². The molecule has 5 N–H and O–H groups in total. The number of benzene rings is 1. The Labute approximate surface area is 280 Å². The molecular weight excluding hydrogens is 626 g/mol. The average Bonchev–Trinajstić information content (AvgIpc) is 3.33. The minimum Gasteiger partial charge on any atom is -0.460 e. The number of imide groups is 1. The highest BCUT2D eigenvalue weighted by Crippen LogP contribution is 2.20. The Morgan fingerprint density at radius 2 is 1.56 bits per heavy atom. The molecule has 2 rings (SSSR count). The summed E-state index contributed by atoms with van der Waals surface area (Å²) in [7, 11) is 0. The van der Waals surface area contributed by atoms with E-state index in [0.29, 0.717) is 12.1 Å². The maximum Gasteiger partial charge on any atom is 0.407 e. The van der Waals surface area contributed by atoms with Gasteiger partial charge in [0, 0.05) is 36.7 Å². The molecule has 0 saturated heterocycles. The molecule has 0 aromatic heterocycles. The smallest absolute Gasteiger partial charge is 0.407 e. The van der Waals surface area contributed by atoms with E-state index >= 15 is 0 Å². The Hall–Kier alpha value is -4.79. The number of hydrogen-bond donors (Lipinski definition) is 4. The van der Waals surface area contributed by atoms with Crippen molar-refractivity contribution in [1.29, 1.82) is 0 Å². The van der Waals surface area contributed by atoms with E-state index in [2.05, 4.69) is 16.0 Å². The largest absolute Gasteiger partial charge is 0.460 e. The van der Waals surface area contributed by atoms with E-state index in [-0.39, 0.29) is 70.0 Å². The first-order valence-electron chi connectivity index (χ1n) is 15.8. The molecule has 15 heteroatoms. The molecule has 0 bridgehead atoms. The summed E-state index contributed by atoms with van der Waals surface area (Å²) >= 11 is 0. The second kappa shape index (κ2) is 19.1. The van der Waals surface area contributed by atoms with E-state index in [1.807, 2.05) is 0 Å². The Kier molecular flexibility index (Phi) is 15.7. The number of ether oxygens (including phenoxy) is 3. The van der Waals surface area contributed by atoms with Crippen LogP contribution in [-0.2, 0) is 44.8 Å². The molecule has 1 aliphatic heterocycles. The van der Waals surface area contributed by atoms with Crippen LogP contribution >= 0.6 is 0 Å². The van der Waals surface area contributed by atoms with E-state index in [4.69, 9.17) is 19.9 Å². The van der Waals surface area contributed by atoms with Gasteiger partial charge in [0.25, 0.3) is 11.8 Å². The second-order valence-electron chi connectivity index (χ2n) is 12.6. The summed E-state index contributed by atoms with van der Waals surface area (Å²) in [5.74, 6) is -3.11. The maximum absolute atomic E-state index is 13.4. The SMILES string of the molecule is CC(C)[C@H](NC(=O)OCCOCCN1C(=O)C=CC1=O)C(=O)C[C@@H](CCCNC(N)=O)C(=O)Nc1ccc(COC(=O)C(C)(C)C)cc1. The first-order valence-corrected chi connectivity index (χ1v) is 15.8. The number of carbonyl (C=O) groups excluding carboxylic acids is 7. The third-order valence-electron chi connectivity index (χ3n) is 7.16. The predicted molar refractivity (Wildman–Crippen MR) is 174 cm³/mol. The molecule has 1 aliphatic rings. The minimum atomic E-state index is -0.952. The molecule has 264 valence electrons. The van der Waals surface area contributed by atoms with Crippen LogP contribution in [0, 0.1) is 17.3 Å². The number of amides is 6. The van der Waals surface area contributed by atoms with E-state index < -0.39 is 47.2 Å². The Morgan fingerprint density at radius 3 is 2.15 bits per heavy atom. The number of alkyl carbamates (subject to hydrolysis) is 1. The summed E-state index contributed by atoms with van der Waals surface area (Å²) < 4.78 is 15.8. The fourth-order valence-electron chi connectivity index (χ4n) is 4.44. The van der Waals surface area contributed by atoms with Crippen LogP contribution in [0.25, 0.3) is 0 Å². The quantitative estimate of drug-likeness (QED) is 0.0956. The number of carbonyl (C=O) groups is 7. The highest BCUT2D eigenvalue weighted by Gasteiger charge is 2.30. The van der Waals surface area contributed by atoms with E-state index in [0.717, 1.165) is 10.5 Å². The van der Waals surface area contributed by atoms with E-state index in [9.17, 15) is 33.6 Å². The van der Waals surface area contributed by atoms with E-state index in [1.54, 1.807) is 58.9 Å². The van der Waals surface area contributed by atoms with E-state index in [1.165, 1.54) is 12.2 Å². The van der Waals surface area contributed by atoms with Gasteiger partial charge in [-0.3, -0.25) is 28.9 Å². The predicted octanol–water partition coefficient (Wildman–Crippen LogP) is 2.43. The minimum absolute atomic E-state index is 0.00197. The number of urea groups is 1. The van der Waals surface area contributed by atoms with Gasteiger partial charge in [-0.25, -0.2) is 9.59 Å². The number of nitrogens with one attached hydrogen (secondary N) is 3. The van der Waals surface area contributed by atoms with Gasteiger partial charge in [0.15, 0.2) is 5.78 Å². The molecule has 0 unspecified atom stereocenters. The average molecular weight is 674 g/mol. The fraction of sp³-hybridized carbons (Fsp3) is 0.545. The molecule has 0 saturated carbocycles. The zero-order valence-electron chi connectivity index (χ0n) is 28.2. The van der Waals surface area contributed by atoms with Crippen LogP contribution in [0.2, 0.25) is 0 Å². The fourth-order valence-corrected chi connectivity index (χ4v) is 4.44. The number of anilines is 1. The summed E-state index contributed by atoms with van der Waals surface area (Å²) in [6.45, 7) is 9.04. The lowest BCUT2D eigenvalue weighted by molar-refractivity contribution is -0.154. The van der Waals surface area contributed by atoms with Gasteiger partial charge in [0.1, 0.15) is 13.2 Å². The maximum atomic E-state index is 13.4. The van der Waals surface area contributed by atoms with Crippen LogP contribution in [0.1, 0.15) is 59.4 Å². The summed E-state index contributed by atoms with van der Waals surface area (Å²) in [5, 5.41) is 7.83. The number of nitrogens with zero attached hydrogens (tertiary/aromatic N) is 1. The van der Waals surface area contributed by atoms with Crippen molar-refractivity contribution < 1.29 is 47.8 Å². The number of ketones is 1. The van der Waals surface area contributed by atoms with Crippen molar-refractivity contribution in [2.45, 2.75) is 66.5 Å². The van der Waals surface area contributed by atoms with Gasteiger partial charge >= 0.3 is 18.1 Å². The molecule has 1 aromatic carbocycles. The molecule has 2 atom stereocenters. The van der Waals surface area contributed by atoms with Gasteiger partial charge in [0.05, 0.1) is 31.2 Å². The van der Waals surface area contributed by atoms with Crippen LogP contribution in [0.15, 0.2) is 36.4 Å². The van der Waals surface area contributed by atoms with Crippen LogP contribution in [-0.4, -0.2) is 85.5 Å².